The molecule has 1 aromatic carbocycles. The lowest BCUT2D eigenvalue weighted by atomic mass is 9.96. The highest BCUT2D eigenvalue weighted by Gasteiger charge is 2.27. The van der Waals surface area contributed by atoms with E-state index in [1.807, 2.05) is 30.3 Å². The zero-order valence-corrected chi connectivity index (χ0v) is 22.2. The lowest BCUT2D eigenvalue weighted by molar-refractivity contribution is -0.132. The van der Waals surface area contributed by atoms with Gasteiger partial charge < -0.3 is 30.6 Å². The van der Waals surface area contributed by atoms with Crippen molar-refractivity contribution in [3.05, 3.63) is 48.2 Å². The number of nitrogens with one attached hydrogen (secondary N) is 4. The summed E-state index contributed by atoms with van der Waals surface area (Å²) in [6.45, 7) is 6.76. The minimum absolute atomic E-state index is 0.00318. The Balaban J connectivity index is 1.42. The van der Waals surface area contributed by atoms with E-state index in [4.69, 9.17) is 15.1 Å². The fourth-order valence-electron chi connectivity index (χ4n) is 5.14. The molecule has 3 aromatic rings. The summed E-state index contributed by atoms with van der Waals surface area (Å²) < 4.78 is 5.63. The van der Waals surface area contributed by atoms with Crippen LogP contribution in [-0.4, -0.2) is 77.0 Å². The van der Waals surface area contributed by atoms with Gasteiger partial charge in [0.2, 0.25) is 11.8 Å². The van der Waals surface area contributed by atoms with E-state index < -0.39 is 0 Å². The minimum atomic E-state index is -0.221. The van der Waals surface area contributed by atoms with Gasteiger partial charge in [-0.25, -0.2) is 4.98 Å². The minimum Gasteiger partial charge on any atom is -0.377 e. The molecule has 11 nitrogen and oxygen atoms in total. The van der Waals surface area contributed by atoms with Gasteiger partial charge in [-0.3, -0.25) is 14.7 Å². The molecule has 204 valence electrons. The van der Waals surface area contributed by atoms with E-state index in [0.29, 0.717) is 55.7 Å². The third-order valence-electron chi connectivity index (χ3n) is 7.31. The highest BCUT2D eigenvalue weighted by molar-refractivity contribution is 5.97. The Kier molecular flexibility index (Phi) is 7.87. The van der Waals surface area contributed by atoms with E-state index in [0.717, 1.165) is 29.8 Å². The molecule has 2 atom stereocenters. The molecule has 39 heavy (non-hydrogen) atoms. The van der Waals surface area contributed by atoms with Crippen LogP contribution in [0.5, 0.6) is 0 Å². The highest BCUT2D eigenvalue weighted by atomic mass is 16.5. The van der Waals surface area contributed by atoms with E-state index in [9.17, 15) is 9.59 Å². The number of aromatic amines is 1. The maximum absolute atomic E-state index is 12.9. The summed E-state index contributed by atoms with van der Waals surface area (Å²) in [4.78, 5) is 33.5. The monoisotopic (exact) mass is 530 g/mol. The number of likely N-dealkylation sites (tertiary alicyclic amines) is 1. The lowest BCUT2D eigenvalue weighted by Crippen LogP contribution is -2.44. The number of carbonyl (C=O) groups excluding carboxylic acids is 2. The molecular weight excluding hydrogens is 496 g/mol. The Hall–Kier alpha value is -4.25. The first-order valence-corrected chi connectivity index (χ1v) is 13.3. The number of piperidine rings is 1. The summed E-state index contributed by atoms with van der Waals surface area (Å²) in [6, 6.07) is 11.6. The normalized spacial score (nSPS) is 19.4. The Labute approximate surface area is 227 Å². The van der Waals surface area contributed by atoms with Gasteiger partial charge in [0.15, 0.2) is 0 Å². The number of ether oxygens (including phenoxy) is 1. The number of hydrogen-bond acceptors (Lipinski definition) is 8. The quantitative estimate of drug-likeness (QED) is 0.342. The number of rotatable bonds is 7. The van der Waals surface area contributed by atoms with Crippen LogP contribution in [0.1, 0.15) is 32.3 Å². The second-order valence-electron chi connectivity index (χ2n) is 10.0. The van der Waals surface area contributed by atoms with E-state index >= 15 is 0 Å². The number of carbonyl (C=O) groups is 2. The zero-order chi connectivity index (χ0) is 27.4. The van der Waals surface area contributed by atoms with Crippen LogP contribution < -0.4 is 15.5 Å². The number of aromatic nitrogens is 3. The molecule has 11 heteroatoms. The summed E-state index contributed by atoms with van der Waals surface area (Å²) in [7, 11) is 0. The fourth-order valence-corrected chi connectivity index (χ4v) is 5.14. The Morgan fingerprint density at radius 1 is 1.21 bits per heavy atom. The molecule has 0 spiro atoms. The first-order chi connectivity index (χ1) is 18.9. The first kappa shape index (κ1) is 26.4. The van der Waals surface area contributed by atoms with Gasteiger partial charge in [0.1, 0.15) is 17.5 Å². The average Bonchev–Trinajstić information content (AvgIpc) is 3.46. The van der Waals surface area contributed by atoms with Crippen molar-refractivity contribution >= 4 is 41.2 Å². The van der Waals surface area contributed by atoms with Gasteiger partial charge in [0.05, 0.1) is 31.4 Å². The van der Waals surface area contributed by atoms with Crippen molar-refractivity contribution < 1.29 is 14.3 Å². The second-order valence-corrected chi connectivity index (χ2v) is 10.0. The van der Waals surface area contributed by atoms with Gasteiger partial charge in [-0.15, -0.1) is 0 Å². The lowest BCUT2D eigenvalue weighted by Gasteiger charge is -2.35. The van der Waals surface area contributed by atoms with Gasteiger partial charge in [0, 0.05) is 50.1 Å². The Morgan fingerprint density at radius 2 is 2.03 bits per heavy atom. The van der Waals surface area contributed by atoms with Crippen LogP contribution in [-0.2, 0) is 14.3 Å². The number of anilines is 4. The number of hydrogen-bond donors (Lipinski definition) is 4. The van der Waals surface area contributed by atoms with Crippen LogP contribution in [0.3, 0.4) is 0 Å². The SMILES string of the molecule is CC(=O)N1CCCC(C(=O)Nc2ccc(-c3cc(N4CCOC[C@H]4C)nc(Nc4ccn[nH]4)c3C=N)cc2)C1. The standard InChI is InChI=1S/C28H34N8O3/c1-18-17-39-13-12-36(18)26-14-23(24(15-29)27(33-26)32-25-9-10-30-34-25)20-5-7-22(8-6-20)31-28(38)21-4-3-11-35(16-21)19(2)37/h5-10,14-15,18,21,29H,3-4,11-13,16-17H2,1-2H3,(H,31,38)(H2,30,32,33,34)/t18-,21?/m1/s1. The number of morpholine rings is 1. The van der Waals surface area contributed by atoms with Crippen LogP contribution in [0.4, 0.5) is 23.1 Å². The van der Waals surface area contributed by atoms with Crippen molar-refractivity contribution in [2.75, 3.05) is 48.4 Å². The van der Waals surface area contributed by atoms with Gasteiger partial charge >= 0.3 is 0 Å². The van der Waals surface area contributed by atoms with Crippen molar-refractivity contribution in [1.29, 1.82) is 5.41 Å². The fraction of sp³-hybridized carbons (Fsp3) is 0.393. The first-order valence-electron chi connectivity index (χ1n) is 13.3. The van der Waals surface area contributed by atoms with Crippen molar-refractivity contribution in [1.82, 2.24) is 20.1 Å². The van der Waals surface area contributed by atoms with Gasteiger partial charge in [0.25, 0.3) is 0 Å². The van der Waals surface area contributed by atoms with Crippen LogP contribution >= 0.6 is 0 Å². The number of benzene rings is 1. The van der Waals surface area contributed by atoms with Crippen LogP contribution in [0, 0.1) is 11.3 Å². The molecule has 0 saturated carbocycles. The zero-order valence-electron chi connectivity index (χ0n) is 22.2. The van der Waals surface area contributed by atoms with Crippen molar-refractivity contribution in [3.8, 4) is 11.1 Å². The predicted octanol–water partition coefficient (Wildman–Crippen LogP) is 3.64. The second kappa shape index (κ2) is 11.6. The number of H-pyrrole nitrogens is 1. The summed E-state index contributed by atoms with van der Waals surface area (Å²) in [5.41, 5.74) is 3.06. The summed E-state index contributed by atoms with van der Waals surface area (Å²) in [5, 5.41) is 21.4. The molecule has 2 fully saturated rings. The smallest absolute Gasteiger partial charge is 0.229 e. The van der Waals surface area contributed by atoms with Gasteiger partial charge in [-0.1, -0.05) is 12.1 Å². The van der Waals surface area contributed by atoms with E-state index in [-0.39, 0.29) is 23.8 Å². The highest BCUT2D eigenvalue weighted by Crippen LogP contribution is 2.34. The molecule has 1 unspecified atom stereocenters. The summed E-state index contributed by atoms with van der Waals surface area (Å²) in [6.07, 6.45) is 4.54. The number of nitrogens with zero attached hydrogens (tertiary/aromatic N) is 4. The maximum Gasteiger partial charge on any atom is 0.229 e. The van der Waals surface area contributed by atoms with Crippen LogP contribution in [0.25, 0.3) is 11.1 Å². The Bertz CT molecular complexity index is 1330. The third-order valence-corrected chi connectivity index (χ3v) is 7.31. The molecule has 2 aliphatic rings. The van der Waals surface area contributed by atoms with E-state index in [1.54, 1.807) is 24.1 Å². The summed E-state index contributed by atoms with van der Waals surface area (Å²) in [5.74, 6) is 1.72. The molecule has 0 bridgehead atoms. The number of amides is 2. The average molecular weight is 531 g/mol. The van der Waals surface area contributed by atoms with Crippen molar-refractivity contribution in [3.63, 3.8) is 0 Å². The van der Waals surface area contributed by atoms with Crippen molar-refractivity contribution in [2.45, 2.75) is 32.7 Å². The van der Waals surface area contributed by atoms with E-state index in [2.05, 4.69) is 32.7 Å². The van der Waals surface area contributed by atoms with E-state index in [1.165, 1.54) is 6.21 Å². The van der Waals surface area contributed by atoms with Crippen LogP contribution in [0.2, 0.25) is 0 Å². The molecule has 5 rings (SSSR count). The maximum atomic E-state index is 12.9. The molecule has 2 amide bonds. The van der Waals surface area contributed by atoms with Crippen LogP contribution in [0.15, 0.2) is 42.6 Å². The Morgan fingerprint density at radius 3 is 2.72 bits per heavy atom. The molecule has 2 aliphatic heterocycles. The molecule has 4 heterocycles. The molecule has 0 aliphatic carbocycles. The van der Waals surface area contributed by atoms with Gasteiger partial charge in [-0.05, 0) is 49.1 Å². The molecular formula is C28H34N8O3. The molecule has 0 radical (unpaired) electrons. The molecule has 4 N–H and O–H groups in total. The van der Waals surface area contributed by atoms with Gasteiger partial charge in [-0.2, -0.15) is 5.10 Å². The third kappa shape index (κ3) is 5.93. The predicted molar refractivity (Wildman–Crippen MR) is 151 cm³/mol. The summed E-state index contributed by atoms with van der Waals surface area (Å²) >= 11 is 0. The topological polar surface area (TPSA) is 139 Å². The largest absolute Gasteiger partial charge is 0.377 e. The van der Waals surface area contributed by atoms with Crippen molar-refractivity contribution in [2.24, 2.45) is 5.92 Å². The molecule has 2 saturated heterocycles. The number of pyridine rings is 1. The molecule has 2 aromatic heterocycles.